The van der Waals surface area contributed by atoms with E-state index in [-0.39, 0.29) is 0 Å². The molecule has 2 saturated heterocycles. The number of aliphatic hydroxyl groups excluding tert-OH is 1. The average Bonchev–Trinajstić information content (AvgIpc) is 2.82. The standard InChI is InChI=1S/C25H35N5O/c1-2-27-25(28-17-24(31)21-10-13-26-14-11-21)30-16-12-23-22(19-30)9-6-15-29(23)18-20-7-4-3-5-8-20/h3-5,7-8,10-11,13-14,22-24,31H,2,6,9,12,15-19H2,1H3,(H,27,28). The number of pyridine rings is 1. The number of hydrogen-bond donors (Lipinski definition) is 2. The van der Waals surface area contributed by atoms with Gasteiger partial charge in [-0.05, 0) is 61.9 Å². The van der Waals surface area contributed by atoms with Gasteiger partial charge in [0.15, 0.2) is 5.96 Å². The number of fused-ring (bicyclic) bond motifs is 1. The van der Waals surface area contributed by atoms with E-state index in [1.807, 2.05) is 12.1 Å². The molecule has 3 atom stereocenters. The van der Waals surface area contributed by atoms with Crippen LogP contribution in [0.2, 0.25) is 0 Å². The van der Waals surface area contributed by atoms with Crippen molar-refractivity contribution >= 4 is 5.96 Å². The highest BCUT2D eigenvalue weighted by molar-refractivity contribution is 5.80. The van der Waals surface area contributed by atoms with Crippen LogP contribution in [-0.4, -0.2) is 64.6 Å². The van der Waals surface area contributed by atoms with Crippen molar-refractivity contribution in [2.24, 2.45) is 10.9 Å². The first-order valence-electron chi connectivity index (χ1n) is 11.6. The van der Waals surface area contributed by atoms with Crippen molar-refractivity contribution in [2.45, 2.75) is 44.9 Å². The fraction of sp³-hybridized carbons (Fsp3) is 0.520. The molecule has 0 aliphatic carbocycles. The summed E-state index contributed by atoms with van der Waals surface area (Å²) in [6, 6.07) is 15.2. The average molecular weight is 422 g/mol. The summed E-state index contributed by atoms with van der Waals surface area (Å²) in [4.78, 5) is 13.9. The summed E-state index contributed by atoms with van der Waals surface area (Å²) in [6.45, 7) is 7.57. The molecule has 6 nitrogen and oxygen atoms in total. The summed E-state index contributed by atoms with van der Waals surface area (Å²) in [6.07, 6.45) is 6.52. The summed E-state index contributed by atoms with van der Waals surface area (Å²) in [5.41, 5.74) is 2.27. The van der Waals surface area contributed by atoms with E-state index in [0.717, 1.165) is 44.1 Å². The highest BCUT2D eigenvalue weighted by atomic mass is 16.3. The molecule has 2 N–H and O–H groups in total. The van der Waals surface area contributed by atoms with Crippen LogP contribution in [0.4, 0.5) is 0 Å². The van der Waals surface area contributed by atoms with Crippen molar-refractivity contribution in [1.82, 2.24) is 20.1 Å². The van der Waals surface area contributed by atoms with Crippen LogP contribution in [0, 0.1) is 5.92 Å². The second kappa shape index (κ2) is 10.7. The van der Waals surface area contributed by atoms with Gasteiger partial charge >= 0.3 is 0 Å². The van der Waals surface area contributed by atoms with Crippen molar-refractivity contribution in [3.8, 4) is 0 Å². The molecule has 2 aliphatic heterocycles. The van der Waals surface area contributed by atoms with Gasteiger partial charge in [0, 0.05) is 44.6 Å². The zero-order valence-corrected chi connectivity index (χ0v) is 18.5. The molecule has 31 heavy (non-hydrogen) atoms. The zero-order valence-electron chi connectivity index (χ0n) is 18.5. The maximum atomic E-state index is 10.5. The fourth-order valence-electron chi connectivity index (χ4n) is 5.00. The van der Waals surface area contributed by atoms with Crippen molar-refractivity contribution in [3.63, 3.8) is 0 Å². The molecule has 1 aromatic heterocycles. The number of nitrogens with zero attached hydrogens (tertiary/aromatic N) is 4. The molecule has 0 spiro atoms. The lowest BCUT2D eigenvalue weighted by Crippen LogP contribution is -2.56. The van der Waals surface area contributed by atoms with E-state index < -0.39 is 6.10 Å². The van der Waals surface area contributed by atoms with Crippen molar-refractivity contribution in [2.75, 3.05) is 32.7 Å². The molecule has 0 bridgehead atoms. The fourth-order valence-corrected chi connectivity index (χ4v) is 5.00. The maximum absolute atomic E-state index is 10.5. The van der Waals surface area contributed by atoms with Gasteiger partial charge in [-0.2, -0.15) is 0 Å². The smallest absolute Gasteiger partial charge is 0.194 e. The molecule has 6 heteroatoms. The normalized spacial score (nSPS) is 23.3. The SMILES string of the molecule is CCNC(=NCC(O)c1ccncc1)N1CCC2C(CCCN2Cc2ccccc2)C1. The van der Waals surface area contributed by atoms with Crippen molar-refractivity contribution in [1.29, 1.82) is 0 Å². The third-order valence-electron chi connectivity index (χ3n) is 6.55. The summed E-state index contributed by atoms with van der Waals surface area (Å²) < 4.78 is 0. The summed E-state index contributed by atoms with van der Waals surface area (Å²) in [5.74, 6) is 1.59. The number of rotatable bonds is 6. The van der Waals surface area contributed by atoms with Gasteiger partial charge in [0.25, 0.3) is 0 Å². The van der Waals surface area contributed by atoms with E-state index in [1.54, 1.807) is 12.4 Å². The number of likely N-dealkylation sites (tertiary alicyclic amines) is 2. The lowest BCUT2D eigenvalue weighted by molar-refractivity contribution is 0.0371. The minimum atomic E-state index is -0.606. The molecular weight excluding hydrogens is 386 g/mol. The van der Waals surface area contributed by atoms with Gasteiger partial charge in [-0.15, -0.1) is 0 Å². The van der Waals surface area contributed by atoms with E-state index in [4.69, 9.17) is 4.99 Å². The van der Waals surface area contributed by atoms with Gasteiger partial charge in [0.1, 0.15) is 0 Å². The molecule has 4 rings (SSSR count). The highest BCUT2D eigenvalue weighted by Gasteiger charge is 2.36. The molecule has 0 saturated carbocycles. The molecule has 2 aromatic rings. The van der Waals surface area contributed by atoms with Crippen LogP contribution in [-0.2, 0) is 6.54 Å². The summed E-state index contributed by atoms with van der Waals surface area (Å²) in [7, 11) is 0. The van der Waals surface area contributed by atoms with Crippen LogP contribution >= 0.6 is 0 Å². The molecular formula is C25H35N5O. The minimum Gasteiger partial charge on any atom is -0.386 e. The van der Waals surface area contributed by atoms with Crippen LogP contribution in [0.15, 0.2) is 59.9 Å². The molecule has 0 radical (unpaired) electrons. The molecule has 2 aliphatic rings. The molecule has 0 amide bonds. The predicted octanol–water partition coefficient (Wildman–Crippen LogP) is 3.07. The lowest BCUT2D eigenvalue weighted by Gasteiger charge is -2.48. The minimum absolute atomic E-state index is 0.358. The topological polar surface area (TPSA) is 64.0 Å². The Kier molecular flexibility index (Phi) is 7.54. The van der Waals surface area contributed by atoms with E-state index in [9.17, 15) is 5.11 Å². The number of aliphatic imine (C=N–C) groups is 1. The Morgan fingerprint density at radius 2 is 1.97 bits per heavy atom. The summed E-state index contributed by atoms with van der Waals surface area (Å²) in [5, 5.41) is 14.0. The molecule has 3 unspecified atom stereocenters. The first-order valence-corrected chi connectivity index (χ1v) is 11.6. The molecule has 1 aromatic carbocycles. The Labute approximate surface area is 186 Å². The first-order chi connectivity index (χ1) is 15.2. The van der Waals surface area contributed by atoms with Gasteiger partial charge in [-0.1, -0.05) is 30.3 Å². The predicted molar refractivity (Wildman–Crippen MR) is 125 cm³/mol. The van der Waals surface area contributed by atoms with E-state index in [2.05, 4.69) is 57.4 Å². The number of aromatic nitrogens is 1. The second-order valence-electron chi connectivity index (χ2n) is 8.65. The molecule has 3 heterocycles. The molecule has 2 fully saturated rings. The van der Waals surface area contributed by atoms with Crippen LogP contribution in [0.25, 0.3) is 0 Å². The van der Waals surface area contributed by atoms with Crippen LogP contribution in [0.5, 0.6) is 0 Å². The quantitative estimate of drug-likeness (QED) is 0.554. The number of benzene rings is 1. The van der Waals surface area contributed by atoms with Gasteiger partial charge < -0.3 is 15.3 Å². The van der Waals surface area contributed by atoms with Gasteiger partial charge in [0.05, 0.1) is 12.6 Å². The Hall–Kier alpha value is -2.44. The summed E-state index contributed by atoms with van der Waals surface area (Å²) >= 11 is 0. The Balaban J connectivity index is 1.39. The zero-order chi connectivity index (χ0) is 21.5. The van der Waals surface area contributed by atoms with E-state index in [1.165, 1.54) is 24.9 Å². The van der Waals surface area contributed by atoms with Gasteiger partial charge in [0.2, 0.25) is 0 Å². The van der Waals surface area contributed by atoms with E-state index in [0.29, 0.717) is 18.5 Å². The van der Waals surface area contributed by atoms with Crippen LogP contribution in [0.1, 0.15) is 43.4 Å². The van der Waals surface area contributed by atoms with Crippen molar-refractivity contribution in [3.05, 3.63) is 66.0 Å². The Morgan fingerprint density at radius 3 is 2.74 bits per heavy atom. The monoisotopic (exact) mass is 421 g/mol. The van der Waals surface area contributed by atoms with Crippen molar-refractivity contribution < 1.29 is 5.11 Å². The van der Waals surface area contributed by atoms with Gasteiger partial charge in [-0.3, -0.25) is 14.9 Å². The Bertz CT molecular complexity index is 828. The first kappa shape index (κ1) is 21.8. The second-order valence-corrected chi connectivity index (χ2v) is 8.65. The number of hydrogen-bond acceptors (Lipinski definition) is 4. The largest absolute Gasteiger partial charge is 0.386 e. The third-order valence-corrected chi connectivity index (χ3v) is 6.55. The number of nitrogens with one attached hydrogen (secondary N) is 1. The lowest BCUT2D eigenvalue weighted by atomic mass is 9.83. The maximum Gasteiger partial charge on any atom is 0.194 e. The van der Waals surface area contributed by atoms with E-state index >= 15 is 0 Å². The number of guanidine groups is 1. The molecule has 166 valence electrons. The van der Waals surface area contributed by atoms with Crippen LogP contribution in [0.3, 0.4) is 0 Å². The number of aliphatic hydroxyl groups is 1. The van der Waals surface area contributed by atoms with Crippen LogP contribution < -0.4 is 5.32 Å². The number of piperidine rings is 2. The third kappa shape index (κ3) is 5.63. The highest BCUT2D eigenvalue weighted by Crippen LogP contribution is 2.31. The Morgan fingerprint density at radius 1 is 1.16 bits per heavy atom. The van der Waals surface area contributed by atoms with Gasteiger partial charge in [-0.25, -0.2) is 0 Å².